The number of aliphatic hydroxyl groups excluding tert-OH is 2. The zero-order valence-electron chi connectivity index (χ0n) is 4.29. The van der Waals surface area contributed by atoms with Crippen LogP contribution in [0.4, 0.5) is 0 Å². The van der Waals surface area contributed by atoms with E-state index < -0.39 is 6.10 Å². The Bertz CT molecular complexity index is 24.1. The summed E-state index contributed by atoms with van der Waals surface area (Å²) >= 11 is 0. The van der Waals surface area contributed by atoms with Crippen LogP contribution in [0.1, 0.15) is 6.92 Å². The van der Waals surface area contributed by atoms with Gasteiger partial charge in [0.2, 0.25) is 0 Å². The molecule has 0 aromatic heterocycles. The molecular weight excluding hydrogens is 149 g/mol. The Balaban J connectivity index is -0.0000000800. The van der Waals surface area contributed by atoms with Crippen LogP contribution in [0, 0.1) is 0 Å². The molecule has 0 spiro atoms. The zero-order chi connectivity index (χ0) is 4.28. The predicted molar refractivity (Wildman–Crippen MR) is 19.5 cm³/mol. The molecule has 0 bridgehead atoms. The molecule has 0 aromatic carbocycles. The molecule has 2 N–H and O–H groups in total. The first kappa shape index (κ1) is 15.6. The average Bonchev–Trinajstić information content (AvgIpc) is 1.38. The minimum absolute atomic E-state index is 0. The van der Waals surface area contributed by atoms with Crippen molar-refractivity contribution in [2.24, 2.45) is 0 Å². The van der Waals surface area contributed by atoms with Crippen LogP contribution in [-0.4, -0.2) is 22.9 Å². The van der Waals surface area contributed by atoms with Crippen LogP contribution >= 0.6 is 0 Å². The van der Waals surface area contributed by atoms with Crippen LogP contribution in [0.3, 0.4) is 0 Å². The molecule has 3 nitrogen and oxygen atoms in total. The van der Waals surface area contributed by atoms with E-state index in [0.717, 1.165) is 0 Å². The van der Waals surface area contributed by atoms with E-state index in [2.05, 4.69) is 0 Å². The van der Waals surface area contributed by atoms with Gasteiger partial charge in [-0.1, -0.05) is 0 Å². The largest absolute Gasteiger partial charge is 2.00 e. The molecule has 4 heteroatoms. The van der Waals surface area contributed by atoms with Crippen molar-refractivity contribution in [3.8, 4) is 0 Å². The van der Waals surface area contributed by atoms with Crippen molar-refractivity contribution in [1.82, 2.24) is 0 Å². The Labute approximate surface area is 55.4 Å². The zero-order valence-corrected chi connectivity index (χ0v) is 7.26. The molecule has 40 valence electrons. The second kappa shape index (κ2) is 9.71. The molecule has 1 atom stereocenters. The summed E-state index contributed by atoms with van der Waals surface area (Å²) < 4.78 is 0. The molecule has 0 heterocycles. The minimum atomic E-state index is -0.560. The van der Waals surface area contributed by atoms with Gasteiger partial charge in [-0.15, -0.1) is 0 Å². The third-order valence-electron chi connectivity index (χ3n) is 0.264. The van der Waals surface area contributed by atoms with Gasteiger partial charge in [0.15, 0.2) is 0 Å². The van der Waals surface area contributed by atoms with Gasteiger partial charge in [-0.05, 0) is 6.92 Å². The van der Waals surface area contributed by atoms with Crippen LogP contribution in [0.25, 0.3) is 0 Å². The smallest absolute Gasteiger partial charge is 2.00 e. The van der Waals surface area contributed by atoms with Crippen molar-refractivity contribution < 1.29 is 35.2 Å². The summed E-state index contributed by atoms with van der Waals surface area (Å²) in [6.45, 7) is 1.39. The van der Waals surface area contributed by atoms with Gasteiger partial charge in [-0.25, -0.2) is 0 Å². The van der Waals surface area contributed by atoms with Crippen molar-refractivity contribution in [3.63, 3.8) is 0 Å². The van der Waals surface area contributed by atoms with Gasteiger partial charge in [0.1, 0.15) is 0 Å². The van der Waals surface area contributed by atoms with Crippen LogP contribution in [0.5, 0.6) is 0 Å². The van der Waals surface area contributed by atoms with Crippen molar-refractivity contribution in [1.29, 1.82) is 0 Å². The van der Waals surface area contributed by atoms with Gasteiger partial charge in [0, 0.05) is 0 Å². The molecule has 0 aliphatic rings. The Morgan fingerprint density at radius 3 is 1.71 bits per heavy atom. The van der Waals surface area contributed by atoms with E-state index in [9.17, 15) is 0 Å². The maximum absolute atomic E-state index is 8.11. The number of rotatable bonds is 1. The number of hydrogen-bond acceptors (Lipinski definition) is 2. The molecule has 0 fully saturated rings. The Morgan fingerprint density at radius 2 is 1.71 bits per heavy atom. The quantitative estimate of drug-likeness (QED) is 0.491. The molecule has 0 amide bonds. The number of aliphatic hydroxyl groups is 2. The second-order valence-electron chi connectivity index (χ2n) is 1.03. The average molecular weight is 157 g/mol. The minimum Gasteiger partial charge on any atom is -2.00 e. The first-order valence-electron chi connectivity index (χ1n) is 1.56. The van der Waals surface area contributed by atoms with Gasteiger partial charge < -0.3 is 15.7 Å². The summed E-state index contributed by atoms with van der Waals surface area (Å²) in [5, 5.41) is 16.0. The van der Waals surface area contributed by atoms with Gasteiger partial charge >= 0.3 is 19.5 Å². The van der Waals surface area contributed by atoms with Crippen LogP contribution in [0.15, 0.2) is 0 Å². The fourth-order valence-corrected chi connectivity index (χ4v) is 0. The molecule has 0 saturated heterocycles. The van der Waals surface area contributed by atoms with Crippen LogP contribution in [-0.2, 0) is 25.0 Å². The van der Waals surface area contributed by atoms with E-state index in [1.54, 1.807) is 0 Å². The van der Waals surface area contributed by atoms with E-state index >= 15 is 0 Å². The van der Waals surface area contributed by atoms with Crippen molar-refractivity contribution in [3.05, 3.63) is 0 Å². The van der Waals surface area contributed by atoms with E-state index in [4.69, 9.17) is 10.2 Å². The van der Waals surface area contributed by atoms with E-state index in [1.165, 1.54) is 6.92 Å². The first-order valence-corrected chi connectivity index (χ1v) is 1.56. The maximum Gasteiger partial charge on any atom is 2.00 e. The van der Waals surface area contributed by atoms with E-state index in [-0.39, 0.29) is 31.6 Å². The fourth-order valence-electron chi connectivity index (χ4n) is 0. The molecule has 0 aromatic rings. The van der Waals surface area contributed by atoms with Gasteiger partial charge in [0.05, 0.1) is 12.7 Å². The third-order valence-corrected chi connectivity index (χ3v) is 0.264. The Hall–Kier alpha value is 0.503. The Kier molecular flexibility index (Phi) is 21.7. The maximum atomic E-state index is 8.11. The predicted octanol–water partition coefficient (Wildman–Crippen LogP) is -0.762. The molecular formula is C3H8O3Zn. The number of hydrogen-bond donors (Lipinski definition) is 2. The Morgan fingerprint density at radius 1 is 1.57 bits per heavy atom. The van der Waals surface area contributed by atoms with Crippen LogP contribution in [0.2, 0.25) is 0 Å². The van der Waals surface area contributed by atoms with Crippen molar-refractivity contribution >= 4 is 0 Å². The molecule has 1 unspecified atom stereocenters. The third kappa shape index (κ3) is 21.0. The summed E-state index contributed by atoms with van der Waals surface area (Å²) in [4.78, 5) is 0. The molecule has 0 rings (SSSR count). The first-order chi connectivity index (χ1) is 2.27. The molecule has 0 aliphatic heterocycles. The van der Waals surface area contributed by atoms with Crippen LogP contribution < -0.4 is 0 Å². The SMILES string of the molecule is CC(O)CO.[O-2].[Zn+2]. The van der Waals surface area contributed by atoms with E-state index in [1.807, 2.05) is 0 Å². The normalized spacial score (nSPS) is 10.7. The summed E-state index contributed by atoms with van der Waals surface area (Å²) in [5.41, 5.74) is 0. The van der Waals surface area contributed by atoms with Gasteiger partial charge in [-0.3, -0.25) is 0 Å². The van der Waals surface area contributed by atoms with Gasteiger partial charge in [-0.2, -0.15) is 0 Å². The van der Waals surface area contributed by atoms with Crippen molar-refractivity contribution in [2.45, 2.75) is 13.0 Å². The summed E-state index contributed by atoms with van der Waals surface area (Å²) in [5.74, 6) is 0. The molecule has 0 aliphatic carbocycles. The van der Waals surface area contributed by atoms with Gasteiger partial charge in [0.25, 0.3) is 0 Å². The molecule has 7 heavy (non-hydrogen) atoms. The molecule has 0 radical (unpaired) electrons. The summed E-state index contributed by atoms with van der Waals surface area (Å²) in [7, 11) is 0. The fraction of sp³-hybridized carbons (Fsp3) is 1.00. The second-order valence-corrected chi connectivity index (χ2v) is 1.03. The van der Waals surface area contributed by atoms with E-state index in [0.29, 0.717) is 0 Å². The topological polar surface area (TPSA) is 69.0 Å². The summed E-state index contributed by atoms with van der Waals surface area (Å²) in [6.07, 6.45) is -0.560. The monoisotopic (exact) mass is 156 g/mol. The molecule has 0 saturated carbocycles. The standard InChI is InChI=1S/C3H8O2.O.Zn/c1-3(5)2-4;;/h3-5H,2H2,1H3;;/q;-2;+2. The summed E-state index contributed by atoms with van der Waals surface area (Å²) in [6, 6.07) is 0. The van der Waals surface area contributed by atoms with Crippen molar-refractivity contribution in [2.75, 3.05) is 6.61 Å².